The Morgan fingerprint density at radius 1 is 1.12 bits per heavy atom. The molecule has 1 heterocycles. The van der Waals surface area contributed by atoms with E-state index in [0.29, 0.717) is 18.2 Å². The van der Waals surface area contributed by atoms with E-state index in [4.69, 9.17) is 4.74 Å². The summed E-state index contributed by atoms with van der Waals surface area (Å²) in [5.41, 5.74) is -0.673. The lowest BCUT2D eigenvalue weighted by molar-refractivity contribution is -0.153. The molecule has 1 aliphatic rings. The second kappa shape index (κ2) is 10.6. The fraction of sp³-hybridized carbons (Fsp3) is 0.440. The van der Waals surface area contributed by atoms with Gasteiger partial charge in [0.25, 0.3) is 0 Å². The molecule has 184 valence electrons. The van der Waals surface area contributed by atoms with E-state index in [0.717, 1.165) is 16.3 Å². The quantitative estimate of drug-likeness (QED) is 0.587. The lowest BCUT2D eigenvalue weighted by Gasteiger charge is -2.47. The number of amides is 2. The van der Waals surface area contributed by atoms with Crippen molar-refractivity contribution in [1.82, 2.24) is 14.5 Å². The minimum atomic E-state index is -3.96. The molecule has 9 heteroatoms. The van der Waals surface area contributed by atoms with Crippen LogP contribution in [0.3, 0.4) is 0 Å². The maximum Gasteiger partial charge on any atom is 0.247 e. The summed E-state index contributed by atoms with van der Waals surface area (Å²) in [6, 6.07) is 15.2. The molecule has 1 aliphatic heterocycles. The summed E-state index contributed by atoms with van der Waals surface area (Å²) < 4.78 is 33.2. The molecule has 1 N–H and O–H groups in total. The van der Waals surface area contributed by atoms with Crippen LogP contribution in [0.4, 0.5) is 0 Å². The number of piperazine rings is 1. The third kappa shape index (κ3) is 5.42. The Morgan fingerprint density at radius 2 is 1.76 bits per heavy atom. The normalized spacial score (nSPS) is 19.3. The number of hydrogen-bond donors (Lipinski definition) is 1. The Labute approximate surface area is 201 Å². The van der Waals surface area contributed by atoms with Crippen LogP contribution in [0.2, 0.25) is 0 Å². The van der Waals surface area contributed by atoms with Crippen LogP contribution in [0, 0.1) is 5.92 Å². The van der Waals surface area contributed by atoms with Gasteiger partial charge >= 0.3 is 0 Å². The molecule has 0 aromatic heterocycles. The van der Waals surface area contributed by atoms with Crippen molar-refractivity contribution in [3.8, 4) is 5.75 Å². The highest BCUT2D eigenvalue weighted by molar-refractivity contribution is 7.89. The van der Waals surface area contributed by atoms with E-state index in [1.807, 2.05) is 18.2 Å². The largest absolute Gasteiger partial charge is 0.496 e. The fourth-order valence-electron chi connectivity index (χ4n) is 4.03. The van der Waals surface area contributed by atoms with Gasteiger partial charge in [-0.2, -0.15) is 4.31 Å². The zero-order valence-electron chi connectivity index (χ0n) is 20.2. The summed E-state index contributed by atoms with van der Waals surface area (Å²) in [6.45, 7) is 5.79. The number of ether oxygens (including phenoxy) is 1. The number of methoxy groups -OCH3 is 1. The molecule has 0 radical (unpaired) electrons. The zero-order valence-corrected chi connectivity index (χ0v) is 21.0. The average Bonchev–Trinajstić information content (AvgIpc) is 2.81. The first kappa shape index (κ1) is 25.7. The third-order valence-electron chi connectivity index (χ3n) is 6.09. The molecular weight excluding hydrogens is 454 g/mol. The molecule has 2 amide bonds. The molecule has 34 heavy (non-hydrogen) atoms. The lowest BCUT2D eigenvalue weighted by Crippen LogP contribution is -2.69. The monoisotopic (exact) mass is 487 g/mol. The van der Waals surface area contributed by atoms with Crippen LogP contribution in [-0.4, -0.2) is 61.7 Å². The second-order valence-corrected chi connectivity index (χ2v) is 11.0. The summed E-state index contributed by atoms with van der Waals surface area (Å²) in [5.74, 6) is 0.153. The SMILES string of the molecule is COc1ccccc1CN1C(=O)CN(S(=O)(=O)c2ccccc2)C[C@]1(C)C(=O)NCCC(C)C. The lowest BCUT2D eigenvalue weighted by atomic mass is 9.94. The Balaban J connectivity index is 1.97. The number of hydrogen-bond acceptors (Lipinski definition) is 5. The van der Waals surface area contributed by atoms with Crippen LogP contribution in [0.25, 0.3) is 0 Å². The molecule has 0 bridgehead atoms. The third-order valence-corrected chi connectivity index (χ3v) is 7.90. The molecule has 1 saturated heterocycles. The first-order chi connectivity index (χ1) is 16.1. The molecule has 1 atom stereocenters. The van der Waals surface area contributed by atoms with E-state index in [1.54, 1.807) is 38.3 Å². The van der Waals surface area contributed by atoms with Crippen LogP contribution >= 0.6 is 0 Å². The molecule has 0 saturated carbocycles. The van der Waals surface area contributed by atoms with Crippen molar-refractivity contribution in [2.24, 2.45) is 5.92 Å². The number of sulfonamides is 1. The maximum atomic E-state index is 13.5. The van der Waals surface area contributed by atoms with Gasteiger partial charge < -0.3 is 15.0 Å². The average molecular weight is 488 g/mol. The molecule has 8 nitrogen and oxygen atoms in total. The number of nitrogens with zero attached hydrogens (tertiary/aromatic N) is 2. The highest BCUT2D eigenvalue weighted by Gasteiger charge is 2.50. The van der Waals surface area contributed by atoms with Crippen molar-refractivity contribution in [3.63, 3.8) is 0 Å². The van der Waals surface area contributed by atoms with Crippen molar-refractivity contribution in [2.45, 2.75) is 44.2 Å². The van der Waals surface area contributed by atoms with E-state index in [9.17, 15) is 18.0 Å². The maximum absolute atomic E-state index is 13.5. The minimum absolute atomic E-state index is 0.0866. The second-order valence-electron chi connectivity index (χ2n) is 9.09. The zero-order chi connectivity index (χ0) is 24.9. The number of rotatable bonds is 9. The first-order valence-electron chi connectivity index (χ1n) is 11.4. The van der Waals surface area contributed by atoms with Gasteiger partial charge in [0, 0.05) is 18.7 Å². The van der Waals surface area contributed by atoms with Crippen LogP contribution in [0.5, 0.6) is 5.75 Å². The van der Waals surface area contributed by atoms with Crippen molar-refractivity contribution >= 4 is 21.8 Å². The molecule has 0 spiro atoms. The highest BCUT2D eigenvalue weighted by Crippen LogP contribution is 2.31. The summed E-state index contributed by atoms with van der Waals surface area (Å²) in [6.07, 6.45) is 0.772. The van der Waals surface area contributed by atoms with Gasteiger partial charge in [-0.15, -0.1) is 0 Å². The summed E-state index contributed by atoms with van der Waals surface area (Å²) >= 11 is 0. The molecule has 0 unspecified atom stereocenters. The minimum Gasteiger partial charge on any atom is -0.496 e. The van der Waals surface area contributed by atoms with Gasteiger partial charge in [-0.05, 0) is 37.5 Å². The number of para-hydroxylation sites is 1. The van der Waals surface area contributed by atoms with Gasteiger partial charge in [0.15, 0.2) is 0 Å². The number of carbonyl (C=O) groups excluding carboxylic acids is 2. The summed E-state index contributed by atoms with van der Waals surface area (Å²) in [4.78, 5) is 28.4. The molecule has 2 aromatic rings. The Morgan fingerprint density at radius 3 is 2.41 bits per heavy atom. The fourth-order valence-corrected chi connectivity index (χ4v) is 5.53. The Hall–Kier alpha value is -2.91. The van der Waals surface area contributed by atoms with E-state index in [-0.39, 0.29) is 30.4 Å². The van der Waals surface area contributed by atoms with Crippen molar-refractivity contribution < 1.29 is 22.7 Å². The molecule has 0 aliphatic carbocycles. The van der Waals surface area contributed by atoms with Gasteiger partial charge in [-0.3, -0.25) is 9.59 Å². The summed E-state index contributed by atoms with van der Waals surface area (Å²) in [5, 5.41) is 2.92. The molecule has 3 rings (SSSR count). The van der Waals surface area contributed by atoms with Gasteiger partial charge in [-0.25, -0.2) is 8.42 Å². The van der Waals surface area contributed by atoms with E-state index < -0.39 is 21.5 Å². The smallest absolute Gasteiger partial charge is 0.247 e. The van der Waals surface area contributed by atoms with Crippen LogP contribution in [0.1, 0.15) is 32.8 Å². The van der Waals surface area contributed by atoms with Gasteiger partial charge in [0.2, 0.25) is 21.8 Å². The van der Waals surface area contributed by atoms with E-state index >= 15 is 0 Å². The van der Waals surface area contributed by atoms with Gasteiger partial charge in [0.1, 0.15) is 11.3 Å². The van der Waals surface area contributed by atoms with E-state index in [2.05, 4.69) is 19.2 Å². The van der Waals surface area contributed by atoms with Crippen molar-refractivity contribution in [2.75, 3.05) is 26.7 Å². The predicted octanol–water partition coefficient (Wildman–Crippen LogP) is 2.65. The van der Waals surface area contributed by atoms with Crippen molar-refractivity contribution in [1.29, 1.82) is 0 Å². The number of nitrogens with one attached hydrogen (secondary N) is 1. The molecule has 2 aromatic carbocycles. The van der Waals surface area contributed by atoms with E-state index in [1.165, 1.54) is 17.0 Å². The molecular formula is C25H33N3O5S. The number of carbonyl (C=O) groups is 2. The number of benzene rings is 2. The topological polar surface area (TPSA) is 96.0 Å². The molecule has 1 fully saturated rings. The van der Waals surface area contributed by atoms with Crippen molar-refractivity contribution in [3.05, 3.63) is 60.2 Å². The Bertz CT molecular complexity index is 1120. The van der Waals surface area contributed by atoms with Gasteiger partial charge in [-0.1, -0.05) is 50.2 Å². The Kier molecular flexibility index (Phi) is 7.99. The van der Waals surface area contributed by atoms with Crippen LogP contribution < -0.4 is 10.1 Å². The van der Waals surface area contributed by atoms with Crippen LogP contribution in [0.15, 0.2) is 59.5 Å². The standard InChI is InChI=1S/C25H33N3O5S/c1-19(2)14-15-26-24(30)25(3)18-27(34(31,32)21-11-6-5-7-12-21)17-23(29)28(25)16-20-10-8-9-13-22(20)33-4/h5-13,19H,14-18H2,1-4H3,(H,26,30)/t25-/m1/s1. The predicted molar refractivity (Wildman–Crippen MR) is 130 cm³/mol. The first-order valence-corrected chi connectivity index (χ1v) is 12.8. The van der Waals surface area contributed by atoms with Crippen LogP contribution in [-0.2, 0) is 26.2 Å². The highest BCUT2D eigenvalue weighted by atomic mass is 32.2. The van der Waals surface area contributed by atoms with Gasteiger partial charge in [0.05, 0.1) is 25.1 Å². The summed E-state index contributed by atoms with van der Waals surface area (Å²) in [7, 11) is -2.42.